The van der Waals surface area contributed by atoms with Gasteiger partial charge in [-0.3, -0.25) is 4.90 Å². The van der Waals surface area contributed by atoms with Crippen molar-refractivity contribution in [3.63, 3.8) is 0 Å². The first-order valence-corrected chi connectivity index (χ1v) is 7.90. The quantitative estimate of drug-likeness (QED) is 0.860. The summed E-state index contributed by atoms with van der Waals surface area (Å²) in [5.41, 5.74) is 10.6. The lowest BCUT2D eigenvalue weighted by atomic mass is 10.1. The Hall–Kier alpha value is -1.59. The number of hydrogen-bond donors (Lipinski definition) is 1. The normalized spacial score (nSPS) is 15.6. The summed E-state index contributed by atoms with van der Waals surface area (Å²) < 4.78 is 5.79. The molecule has 1 aliphatic heterocycles. The van der Waals surface area contributed by atoms with Crippen molar-refractivity contribution < 1.29 is 4.74 Å². The molecule has 2 aromatic rings. The lowest BCUT2D eigenvalue weighted by Crippen LogP contribution is -2.25. The van der Waals surface area contributed by atoms with Crippen LogP contribution in [0, 0.1) is 0 Å². The molecule has 0 aliphatic carbocycles. The highest BCUT2D eigenvalue weighted by Gasteiger charge is 2.11. The summed E-state index contributed by atoms with van der Waals surface area (Å²) in [5, 5.41) is 2.02. The summed E-state index contributed by atoms with van der Waals surface area (Å²) in [6.45, 7) is 4.07. The van der Waals surface area contributed by atoms with Crippen LogP contribution in [0.1, 0.15) is 12.8 Å². The third kappa shape index (κ3) is 3.11. The first kappa shape index (κ1) is 13.4. The summed E-state index contributed by atoms with van der Waals surface area (Å²) in [4.78, 5) is 6.72. The van der Waals surface area contributed by atoms with Crippen LogP contribution in [0.3, 0.4) is 0 Å². The van der Waals surface area contributed by atoms with Gasteiger partial charge < -0.3 is 10.5 Å². The molecule has 1 aromatic heterocycles. The van der Waals surface area contributed by atoms with Crippen LogP contribution in [0.25, 0.3) is 11.3 Å². The molecule has 0 bridgehead atoms. The second-order valence-electron chi connectivity index (χ2n) is 5.02. The molecule has 20 heavy (non-hydrogen) atoms. The van der Waals surface area contributed by atoms with Crippen molar-refractivity contribution in [3.8, 4) is 17.0 Å². The van der Waals surface area contributed by atoms with E-state index in [1.54, 1.807) is 11.3 Å². The Kier molecular flexibility index (Phi) is 4.18. The predicted molar refractivity (Wildman–Crippen MR) is 83.1 cm³/mol. The van der Waals surface area contributed by atoms with Crippen molar-refractivity contribution in [2.24, 2.45) is 0 Å². The monoisotopic (exact) mass is 289 g/mol. The Labute approximate surface area is 123 Å². The van der Waals surface area contributed by atoms with Gasteiger partial charge in [0, 0.05) is 17.5 Å². The standard InChI is InChI=1S/C15H19N3OS/c16-13-9-12(14-10-20-11-17-14)3-4-15(13)19-8-7-18-5-1-2-6-18/h3-4,9-11H,1-2,5-8,16H2. The average Bonchev–Trinajstić information content (AvgIpc) is 3.12. The van der Waals surface area contributed by atoms with Gasteiger partial charge in [-0.1, -0.05) is 0 Å². The van der Waals surface area contributed by atoms with E-state index < -0.39 is 0 Å². The fourth-order valence-corrected chi connectivity index (χ4v) is 3.05. The number of anilines is 1. The van der Waals surface area contributed by atoms with Crippen LogP contribution in [-0.4, -0.2) is 36.1 Å². The third-order valence-electron chi connectivity index (χ3n) is 3.60. The Balaban J connectivity index is 1.59. The fourth-order valence-electron chi connectivity index (χ4n) is 2.49. The molecule has 1 aliphatic rings. The summed E-state index contributed by atoms with van der Waals surface area (Å²) >= 11 is 1.58. The smallest absolute Gasteiger partial charge is 0.142 e. The minimum atomic E-state index is 0.678. The number of hydrogen-bond acceptors (Lipinski definition) is 5. The highest BCUT2D eigenvalue weighted by atomic mass is 32.1. The summed E-state index contributed by atoms with van der Waals surface area (Å²) in [6.07, 6.45) is 2.62. The minimum Gasteiger partial charge on any atom is -0.490 e. The van der Waals surface area contributed by atoms with Crippen LogP contribution in [0.2, 0.25) is 0 Å². The zero-order valence-electron chi connectivity index (χ0n) is 11.4. The van der Waals surface area contributed by atoms with Gasteiger partial charge >= 0.3 is 0 Å². The molecule has 0 spiro atoms. The van der Waals surface area contributed by atoms with Gasteiger partial charge in [0.1, 0.15) is 12.4 Å². The maximum atomic E-state index is 6.06. The Morgan fingerprint density at radius 1 is 1.30 bits per heavy atom. The van der Waals surface area contributed by atoms with Crippen LogP contribution in [0.15, 0.2) is 29.1 Å². The zero-order valence-corrected chi connectivity index (χ0v) is 12.2. The molecule has 0 radical (unpaired) electrons. The fraction of sp³-hybridized carbons (Fsp3) is 0.400. The van der Waals surface area contributed by atoms with Crippen LogP contribution in [0.4, 0.5) is 5.69 Å². The summed E-state index contributed by atoms with van der Waals surface area (Å²) in [5.74, 6) is 0.767. The van der Waals surface area contributed by atoms with Crippen LogP contribution in [0.5, 0.6) is 5.75 Å². The number of ether oxygens (including phenoxy) is 1. The molecule has 2 heterocycles. The Morgan fingerprint density at radius 2 is 2.15 bits per heavy atom. The highest BCUT2D eigenvalue weighted by Crippen LogP contribution is 2.28. The van der Waals surface area contributed by atoms with E-state index in [2.05, 4.69) is 9.88 Å². The van der Waals surface area contributed by atoms with Crippen molar-refractivity contribution in [2.75, 3.05) is 32.0 Å². The molecule has 5 heteroatoms. The maximum Gasteiger partial charge on any atom is 0.142 e. The number of nitrogens with two attached hydrogens (primary N) is 1. The summed E-state index contributed by atoms with van der Waals surface area (Å²) in [6, 6.07) is 5.88. The zero-order chi connectivity index (χ0) is 13.8. The first-order chi connectivity index (χ1) is 9.83. The van der Waals surface area contributed by atoms with E-state index in [4.69, 9.17) is 10.5 Å². The largest absolute Gasteiger partial charge is 0.490 e. The molecule has 106 valence electrons. The van der Waals surface area contributed by atoms with E-state index in [1.165, 1.54) is 25.9 Å². The highest BCUT2D eigenvalue weighted by molar-refractivity contribution is 7.07. The molecule has 1 aromatic carbocycles. The van der Waals surface area contributed by atoms with Crippen molar-refractivity contribution in [1.29, 1.82) is 0 Å². The van der Waals surface area contributed by atoms with Crippen LogP contribution < -0.4 is 10.5 Å². The van der Waals surface area contributed by atoms with Gasteiger partial charge in [0.2, 0.25) is 0 Å². The number of benzene rings is 1. The van der Waals surface area contributed by atoms with Gasteiger partial charge in [-0.15, -0.1) is 11.3 Å². The number of nitrogens with zero attached hydrogens (tertiary/aromatic N) is 2. The number of thiazole rings is 1. The van der Waals surface area contributed by atoms with Crippen molar-refractivity contribution >= 4 is 17.0 Å². The van der Waals surface area contributed by atoms with E-state index in [0.29, 0.717) is 12.3 Å². The van der Waals surface area contributed by atoms with Crippen molar-refractivity contribution in [1.82, 2.24) is 9.88 Å². The number of aromatic nitrogens is 1. The van der Waals surface area contributed by atoms with Gasteiger partial charge in [0.05, 0.1) is 16.9 Å². The lowest BCUT2D eigenvalue weighted by molar-refractivity contribution is 0.238. The molecule has 1 fully saturated rings. The Morgan fingerprint density at radius 3 is 2.85 bits per heavy atom. The number of likely N-dealkylation sites (tertiary alicyclic amines) is 1. The molecule has 0 saturated carbocycles. The molecular formula is C15H19N3OS. The molecule has 4 nitrogen and oxygen atoms in total. The Bertz CT molecular complexity index is 550. The molecule has 0 unspecified atom stereocenters. The molecule has 0 amide bonds. The molecular weight excluding hydrogens is 270 g/mol. The van der Waals surface area contributed by atoms with E-state index in [1.807, 2.05) is 29.1 Å². The average molecular weight is 289 g/mol. The molecule has 0 atom stereocenters. The van der Waals surface area contributed by atoms with E-state index in [0.717, 1.165) is 23.6 Å². The van der Waals surface area contributed by atoms with Crippen LogP contribution in [-0.2, 0) is 0 Å². The van der Waals surface area contributed by atoms with Gasteiger partial charge in [-0.05, 0) is 44.1 Å². The van der Waals surface area contributed by atoms with Crippen LogP contribution >= 0.6 is 11.3 Å². The third-order valence-corrected chi connectivity index (χ3v) is 4.19. The maximum absolute atomic E-state index is 6.06. The molecule has 2 N–H and O–H groups in total. The molecule has 1 saturated heterocycles. The lowest BCUT2D eigenvalue weighted by Gasteiger charge is -2.15. The SMILES string of the molecule is Nc1cc(-c2cscn2)ccc1OCCN1CCCC1. The second-order valence-corrected chi connectivity index (χ2v) is 5.74. The number of rotatable bonds is 5. The minimum absolute atomic E-state index is 0.678. The number of nitrogen functional groups attached to an aromatic ring is 1. The van der Waals surface area contributed by atoms with Crippen molar-refractivity contribution in [2.45, 2.75) is 12.8 Å². The second kappa shape index (κ2) is 6.24. The topological polar surface area (TPSA) is 51.4 Å². The van der Waals surface area contributed by atoms with Gasteiger partial charge in [-0.25, -0.2) is 4.98 Å². The van der Waals surface area contributed by atoms with E-state index in [-0.39, 0.29) is 0 Å². The van der Waals surface area contributed by atoms with E-state index in [9.17, 15) is 0 Å². The first-order valence-electron chi connectivity index (χ1n) is 6.96. The van der Waals surface area contributed by atoms with Gasteiger partial charge in [0.15, 0.2) is 0 Å². The summed E-state index contributed by atoms with van der Waals surface area (Å²) in [7, 11) is 0. The van der Waals surface area contributed by atoms with Crippen molar-refractivity contribution in [3.05, 3.63) is 29.1 Å². The van der Waals surface area contributed by atoms with E-state index >= 15 is 0 Å². The molecule has 3 rings (SSSR count). The van der Waals surface area contributed by atoms with Gasteiger partial charge in [0.25, 0.3) is 0 Å². The predicted octanol–water partition coefficient (Wildman–Crippen LogP) is 2.87. The van der Waals surface area contributed by atoms with Gasteiger partial charge in [-0.2, -0.15) is 0 Å².